The van der Waals surface area contributed by atoms with E-state index in [9.17, 15) is 24.9 Å². The average molecular weight is 697 g/mol. The normalized spacial score (nSPS) is 35.3. The van der Waals surface area contributed by atoms with Crippen LogP contribution in [0, 0.1) is 17.3 Å². The molecule has 0 saturated carbocycles. The summed E-state index contributed by atoms with van der Waals surface area (Å²) in [4.78, 5) is 25.3. The van der Waals surface area contributed by atoms with Gasteiger partial charge in [-0.05, 0) is 50.5 Å². The summed E-state index contributed by atoms with van der Waals surface area (Å²) >= 11 is 0. The number of rotatable bonds is 11. The molecule has 3 aliphatic rings. The maximum absolute atomic E-state index is 13.0. The second kappa shape index (κ2) is 20.7. The van der Waals surface area contributed by atoms with E-state index in [1.807, 2.05) is 57.2 Å². The number of aliphatic hydroxyl groups is 3. The van der Waals surface area contributed by atoms with Gasteiger partial charge in [-0.1, -0.05) is 101 Å². The summed E-state index contributed by atoms with van der Waals surface area (Å²) in [6, 6.07) is 0. The molecule has 4 bridgehead atoms. The van der Waals surface area contributed by atoms with Crippen molar-refractivity contribution in [3.05, 3.63) is 84.6 Å². The van der Waals surface area contributed by atoms with Gasteiger partial charge >= 0.3 is 11.9 Å². The molecule has 0 aromatic heterocycles. The summed E-state index contributed by atoms with van der Waals surface area (Å²) in [6.45, 7) is 13.9. The maximum atomic E-state index is 13.0. The Morgan fingerprint density at radius 1 is 1.14 bits per heavy atom. The fourth-order valence-corrected chi connectivity index (χ4v) is 6.27. The van der Waals surface area contributed by atoms with E-state index >= 15 is 0 Å². The molecule has 9 nitrogen and oxygen atoms in total. The van der Waals surface area contributed by atoms with Gasteiger partial charge in [-0.3, -0.25) is 0 Å². The first-order chi connectivity index (χ1) is 23.8. The van der Waals surface area contributed by atoms with Gasteiger partial charge in [0.2, 0.25) is 0 Å². The minimum absolute atomic E-state index is 0.0218. The van der Waals surface area contributed by atoms with E-state index in [0.29, 0.717) is 38.0 Å². The molecule has 3 aliphatic heterocycles. The summed E-state index contributed by atoms with van der Waals surface area (Å²) in [5, 5.41) is 31.6. The molecule has 0 amide bonds. The zero-order valence-electron chi connectivity index (χ0n) is 30.6. The standard InChI is InChI=1S/C41H60O9/c1-28(2)21-22-30(4)26-47-40(46)34(43)18-13-14-19-37-41(6,27-42)38-25-33(49-37)17-10-7-9-15-29(3)23-36-31(5)35(44)24-32(48-36)16-11-8-12-20-39(45)50-38/h8-15,17,20,23,28,31-38,42-44H,4,7,16,18-19,21-22,24-27H2,1-3,5-6H3/b11-8-,14-13-,15-9-,17-10-,20-12-,29-23-/t31-,32+,33-,34+,35+,36-,37+,38-,41+/m1/s1. The van der Waals surface area contributed by atoms with Gasteiger partial charge in [0.1, 0.15) is 12.7 Å². The molecule has 0 aromatic carbocycles. The Morgan fingerprint density at radius 3 is 2.66 bits per heavy atom. The van der Waals surface area contributed by atoms with Crippen molar-refractivity contribution >= 4 is 11.9 Å². The fraction of sp³-hybridized carbons (Fsp3) is 0.610. The Hall–Kier alpha value is -3.08. The van der Waals surface area contributed by atoms with Crippen molar-refractivity contribution in [3.63, 3.8) is 0 Å². The zero-order chi connectivity index (χ0) is 36.7. The molecule has 0 radical (unpaired) electrons. The van der Waals surface area contributed by atoms with Crippen LogP contribution in [0.15, 0.2) is 84.6 Å². The molecule has 9 heteroatoms. The van der Waals surface area contributed by atoms with Crippen LogP contribution in [-0.2, 0) is 28.5 Å². The molecule has 50 heavy (non-hydrogen) atoms. The first-order valence-electron chi connectivity index (χ1n) is 18.1. The summed E-state index contributed by atoms with van der Waals surface area (Å²) in [6.07, 6.45) is 21.0. The maximum Gasteiger partial charge on any atom is 0.335 e. The van der Waals surface area contributed by atoms with Gasteiger partial charge in [0, 0.05) is 31.3 Å². The second-order valence-corrected chi connectivity index (χ2v) is 14.6. The van der Waals surface area contributed by atoms with Gasteiger partial charge in [0.15, 0.2) is 6.10 Å². The van der Waals surface area contributed by atoms with Crippen molar-refractivity contribution in [2.45, 2.75) is 129 Å². The molecule has 9 atom stereocenters. The molecule has 3 N–H and O–H groups in total. The monoisotopic (exact) mass is 696 g/mol. The molecular formula is C41H60O9. The number of allylic oxidation sites excluding steroid dienone is 6. The van der Waals surface area contributed by atoms with E-state index in [-0.39, 0.29) is 43.9 Å². The number of hydrogen-bond acceptors (Lipinski definition) is 9. The summed E-state index contributed by atoms with van der Waals surface area (Å²) < 4.78 is 23.9. The van der Waals surface area contributed by atoms with Crippen molar-refractivity contribution in [2.75, 3.05) is 13.2 Å². The lowest BCUT2D eigenvalue weighted by Gasteiger charge is -2.47. The van der Waals surface area contributed by atoms with Crippen LogP contribution in [0.5, 0.6) is 0 Å². The smallest absolute Gasteiger partial charge is 0.335 e. The largest absolute Gasteiger partial charge is 0.459 e. The minimum Gasteiger partial charge on any atom is -0.459 e. The molecule has 0 spiro atoms. The Morgan fingerprint density at radius 2 is 1.92 bits per heavy atom. The highest BCUT2D eigenvalue weighted by Crippen LogP contribution is 2.41. The zero-order valence-corrected chi connectivity index (χ0v) is 30.6. The number of carbonyl (C=O) groups is 2. The second-order valence-electron chi connectivity index (χ2n) is 14.6. The number of esters is 2. The molecule has 2 fully saturated rings. The third-order valence-electron chi connectivity index (χ3n) is 9.79. The van der Waals surface area contributed by atoms with Crippen LogP contribution in [0.25, 0.3) is 0 Å². The Labute approximate surface area is 299 Å². The van der Waals surface area contributed by atoms with Crippen molar-refractivity contribution in [1.82, 2.24) is 0 Å². The molecule has 3 rings (SSSR count). The SMILES string of the molecule is C=C(CCC(C)C)COC(=O)[C@@H](O)C/C=C\C[C@@H]1O[C@@H]2/C=C\C/C=C\C(C)=C/[C@H]3O[C@@H](C/C=C\C=C/C(=O)O[C@H](C2)[C@@]1(C)CO)C[C@H](O)[C@H]3C. The highest BCUT2D eigenvalue weighted by atomic mass is 16.6. The van der Waals surface area contributed by atoms with Crippen LogP contribution >= 0.6 is 0 Å². The van der Waals surface area contributed by atoms with Gasteiger partial charge < -0.3 is 34.3 Å². The molecule has 3 heterocycles. The van der Waals surface area contributed by atoms with E-state index in [0.717, 1.165) is 24.0 Å². The number of aliphatic hydroxyl groups excluding tert-OH is 3. The molecule has 0 unspecified atom stereocenters. The van der Waals surface area contributed by atoms with Crippen molar-refractivity contribution in [3.8, 4) is 0 Å². The van der Waals surface area contributed by atoms with Crippen molar-refractivity contribution < 1.29 is 43.9 Å². The summed E-state index contributed by atoms with van der Waals surface area (Å²) in [5.74, 6) is -0.720. The highest BCUT2D eigenvalue weighted by Gasteiger charge is 2.49. The van der Waals surface area contributed by atoms with Crippen LogP contribution < -0.4 is 0 Å². The van der Waals surface area contributed by atoms with E-state index in [1.54, 1.807) is 18.2 Å². The van der Waals surface area contributed by atoms with Crippen LogP contribution in [0.4, 0.5) is 0 Å². The van der Waals surface area contributed by atoms with Crippen LogP contribution in [0.1, 0.15) is 86.0 Å². The third kappa shape index (κ3) is 13.2. The number of fused-ring (bicyclic) bond motifs is 4. The first-order valence-corrected chi connectivity index (χ1v) is 18.1. The molecule has 278 valence electrons. The van der Waals surface area contributed by atoms with Crippen LogP contribution in [-0.4, -0.2) is 83.2 Å². The lowest BCUT2D eigenvalue weighted by Crippen LogP contribution is -2.55. The quantitative estimate of drug-likeness (QED) is 0.166. The van der Waals surface area contributed by atoms with E-state index in [4.69, 9.17) is 18.9 Å². The van der Waals surface area contributed by atoms with Crippen molar-refractivity contribution in [1.29, 1.82) is 0 Å². The Kier molecular flexibility index (Phi) is 17.1. The van der Waals surface area contributed by atoms with Gasteiger partial charge in [-0.15, -0.1) is 0 Å². The molecule has 0 aliphatic carbocycles. The van der Waals surface area contributed by atoms with E-state index in [2.05, 4.69) is 26.5 Å². The molecule has 0 aromatic rings. The van der Waals surface area contributed by atoms with Crippen molar-refractivity contribution in [2.24, 2.45) is 17.3 Å². The van der Waals surface area contributed by atoms with Crippen LogP contribution in [0.3, 0.4) is 0 Å². The first kappa shape index (κ1) is 41.3. The predicted molar refractivity (Wildman–Crippen MR) is 195 cm³/mol. The lowest BCUT2D eigenvalue weighted by atomic mass is 9.73. The van der Waals surface area contributed by atoms with E-state index < -0.39 is 41.8 Å². The minimum atomic E-state index is -1.31. The fourth-order valence-electron chi connectivity index (χ4n) is 6.27. The molecular weight excluding hydrogens is 636 g/mol. The number of ether oxygens (including phenoxy) is 4. The number of hydrogen-bond donors (Lipinski definition) is 3. The highest BCUT2D eigenvalue weighted by molar-refractivity contribution is 5.82. The Balaban J connectivity index is 1.71. The third-order valence-corrected chi connectivity index (χ3v) is 9.79. The summed E-state index contributed by atoms with van der Waals surface area (Å²) in [7, 11) is 0. The molecule has 2 saturated heterocycles. The number of carbonyl (C=O) groups excluding carboxylic acids is 2. The van der Waals surface area contributed by atoms with Gasteiger partial charge in [-0.2, -0.15) is 0 Å². The summed E-state index contributed by atoms with van der Waals surface area (Å²) in [5.41, 5.74) is 0.954. The van der Waals surface area contributed by atoms with Gasteiger partial charge in [-0.25, -0.2) is 9.59 Å². The Bertz CT molecular complexity index is 1290. The predicted octanol–water partition coefficient (Wildman–Crippen LogP) is 6.41. The van der Waals surface area contributed by atoms with Gasteiger partial charge in [0.25, 0.3) is 0 Å². The average Bonchev–Trinajstić information content (AvgIpc) is 3.07. The van der Waals surface area contributed by atoms with Gasteiger partial charge in [0.05, 0.1) is 42.5 Å². The lowest BCUT2D eigenvalue weighted by molar-refractivity contribution is -0.198. The van der Waals surface area contributed by atoms with Crippen LogP contribution in [0.2, 0.25) is 0 Å². The topological polar surface area (TPSA) is 132 Å². The van der Waals surface area contributed by atoms with E-state index in [1.165, 1.54) is 6.08 Å².